The van der Waals surface area contributed by atoms with Gasteiger partial charge in [0.15, 0.2) is 11.5 Å². The Balaban J connectivity index is 1.81. The highest BCUT2D eigenvalue weighted by molar-refractivity contribution is 5.96. The van der Waals surface area contributed by atoms with Gasteiger partial charge in [0, 0.05) is 38.3 Å². The number of ether oxygens (including phenoxy) is 4. The van der Waals surface area contributed by atoms with Gasteiger partial charge in [-0.25, -0.2) is 0 Å². The van der Waals surface area contributed by atoms with E-state index in [1.165, 1.54) is 12.8 Å². The van der Waals surface area contributed by atoms with Gasteiger partial charge in [0.05, 0.1) is 27.9 Å². The lowest BCUT2D eigenvalue weighted by molar-refractivity contribution is 0.0752. The molecule has 3 rings (SSSR count). The van der Waals surface area contributed by atoms with Crippen LogP contribution in [0.1, 0.15) is 42.1 Å². The maximum absolute atomic E-state index is 13.8. The van der Waals surface area contributed by atoms with E-state index >= 15 is 0 Å². The Morgan fingerprint density at radius 1 is 1.06 bits per heavy atom. The predicted molar refractivity (Wildman–Crippen MR) is 143 cm³/mol. The zero-order valence-corrected chi connectivity index (χ0v) is 22.3. The second-order valence-corrected chi connectivity index (χ2v) is 9.18. The molecular weight excluding hydrogens is 456 g/mol. The third-order valence-electron chi connectivity index (χ3n) is 6.58. The van der Waals surface area contributed by atoms with Gasteiger partial charge < -0.3 is 23.8 Å². The number of hydrogen-bond acceptors (Lipinski definition) is 6. The van der Waals surface area contributed by atoms with Gasteiger partial charge in [0.1, 0.15) is 0 Å². The fourth-order valence-corrected chi connectivity index (χ4v) is 4.86. The Hall–Kier alpha value is -3.03. The summed E-state index contributed by atoms with van der Waals surface area (Å²) in [6.45, 7) is 6.03. The minimum Gasteiger partial charge on any atom is -0.493 e. The molecule has 2 aromatic rings. The van der Waals surface area contributed by atoms with E-state index in [9.17, 15) is 4.79 Å². The topological polar surface area (TPSA) is 60.5 Å². The Labute approximate surface area is 215 Å². The third-order valence-corrected chi connectivity index (χ3v) is 6.58. The van der Waals surface area contributed by atoms with E-state index in [1.54, 1.807) is 40.6 Å². The first kappa shape index (κ1) is 27.6. The number of amides is 1. The van der Waals surface area contributed by atoms with E-state index in [1.807, 2.05) is 23.1 Å². The zero-order valence-electron chi connectivity index (χ0n) is 22.3. The highest BCUT2D eigenvalue weighted by Gasteiger charge is 2.25. The molecule has 1 atom stereocenters. The van der Waals surface area contributed by atoms with Crippen molar-refractivity contribution >= 4 is 12.0 Å². The summed E-state index contributed by atoms with van der Waals surface area (Å²) in [5.74, 6) is 1.35. The minimum absolute atomic E-state index is 0.0649. The predicted octanol–water partition coefficient (Wildman–Crippen LogP) is 4.76. The molecule has 1 saturated heterocycles. The first-order chi connectivity index (χ1) is 17.5. The number of rotatable bonds is 13. The van der Waals surface area contributed by atoms with Crippen LogP contribution in [0.2, 0.25) is 0 Å². The molecule has 0 radical (unpaired) electrons. The average molecular weight is 497 g/mol. The molecule has 1 unspecified atom stereocenters. The largest absolute Gasteiger partial charge is 0.493 e. The van der Waals surface area contributed by atoms with Crippen LogP contribution in [0.3, 0.4) is 0 Å². The SMILES string of the molecule is COCC1CCCN1CCCN(CC(C)=Cc1ccccc1)C(=O)c1cc(OC)c(OC)c(OC)c1. The summed E-state index contributed by atoms with van der Waals surface area (Å²) in [6.07, 6.45) is 5.38. The second kappa shape index (κ2) is 13.9. The highest BCUT2D eigenvalue weighted by Crippen LogP contribution is 2.38. The second-order valence-electron chi connectivity index (χ2n) is 9.18. The van der Waals surface area contributed by atoms with Crippen LogP contribution >= 0.6 is 0 Å². The molecule has 0 spiro atoms. The van der Waals surface area contributed by atoms with Crippen molar-refractivity contribution in [1.29, 1.82) is 0 Å². The van der Waals surface area contributed by atoms with E-state index in [0.717, 1.165) is 37.3 Å². The Morgan fingerprint density at radius 3 is 2.36 bits per heavy atom. The standard InChI is InChI=1S/C29H40N2O5/c1-22(17-23-11-7-6-8-12-23)20-31(16-10-15-30-14-9-13-25(30)21-33-2)29(32)24-18-26(34-3)28(36-5)27(19-24)35-4/h6-8,11-12,17-19,25H,9-10,13-16,20-21H2,1-5H3. The van der Waals surface area contributed by atoms with Crippen LogP contribution in [0, 0.1) is 0 Å². The van der Waals surface area contributed by atoms with Crippen molar-refractivity contribution < 1.29 is 23.7 Å². The maximum atomic E-state index is 13.8. The highest BCUT2D eigenvalue weighted by atomic mass is 16.5. The lowest BCUT2D eigenvalue weighted by Crippen LogP contribution is -2.38. The maximum Gasteiger partial charge on any atom is 0.254 e. The summed E-state index contributed by atoms with van der Waals surface area (Å²) in [6, 6.07) is 14.1. The van der Waals surface area contributed by atoms with Gasteiger partial charge in [-0.3, -0.25) is 9.69 Å². The molecule has 1 heterocycles. The monoisotopic (exact) mass is 496 g/mol. The van der Waals surface area contributed by atoms with Crippen molar-refractivity contribution in [3.05, 3.63) is 59.2 Å². The molecule has 1 aliphatic rings. The van der Waals surface area contributed by atoms with E-state index in [2.05, 4.69) is 30.0 Å². The quantitative estimate of drug-likeness (QED) is 0.399. The summed E-state index contributed by atoms with van der Waals surface area (Å²) < 4.78 is 21.8. The van der Waals surface area contributed by atoms with E-state index < -0.39 is 0 Å². The molecular formula is C29H40N2O5. The van der Waals surface area contributed by atoms with Gasteiger partial charge in [-0.1, -0.05) is 42.0 Å². The zero-order chi connectivity index (χ0) is 25.9. The summed E-state index contributed by atoms with van der Waals surface area (Å²) in [5.41, 5.74) is 2.74. The van der Waals surface area contributed by atoms with E-state index in [-0.39, 0.29) is 5.91 Å². The van der Waals surface area contributed by atoms with Gasteiger partial charge in [0.2, 0.25) is 5.75 Å². The molecule has 0 saturated carbocycles. The molecule has 0 aliphatic carbocycles. The van der Waals surface area contributed by atoms with Crippen LogP contribution in [0.15, 0.2) is 48.0 Å². The molecule has 2 aromatic carbocycles. The van der Waals surface area contributed by atoms with Crippen LogP contribution in [0.5, 0.6) is 17.2 Å². The van der Waals surface area contributed by atoms with Crippen molar-refractivity contribution in [3.63, 3.8) is 0 Å². The Bertz CT molecular complexity index is 983. The number of carbonyl (C=O) groups is 1. The molecule has 7 nitrogen and oxygen atoms in total. The van der Waals surface area contributed by atoms with Crippen molar-refractivity contribution in [2.24, 2.45) is 0 Å². The molecule has 1 amide bonds. The molecule has 7 heteroatoms. The number of methoxy groups -OCH3 is 4. The molecule has 1 fully saturated rings. The van der Waals surface area contributed by atoms with E-state index in [4.69, 9.17) is 18.9 Å². The normalized spacial score (nSPS) is 16.1. The third kappa shape index (κ3) is 7.24. The van der Waals surface area contributed by atoms with Crippen LogP contribution in [0.25, 0.3) is 6.08 Å². The van der Waals surface area contributed by atoms with Gasteiger partial charge >= 0.3 is 0 Å². The van der Waals surface area contributed by atoms with Gasteiger partial charge in [-0.15, -0.1) is 0 Å². The van der Waals surface area contributed by atoms with Gasteiger partial charge in [0.25, 0.3) is 5.91 Å². The number of benzene rings is 2. The van der Waals surface area contributed by atoms with Crippen LogP contribution in [0.4, 0.5) is 0 Å². The molecule has 1 aliphatic heterocycles. The lowest BCUT2D eigenvalue weighted by atomic mass is 10.1. The van der Waals surface area contributed by atoms with Crippen molar-refractivity contribution in [2.45, 2.75) is 32.2 Å². The number of likely N-dealkylation sites (tertiary alicyclic amines) is 1. The summed E-state index contributed by atoms with van der Waals surface area (Å²) in [4.78, 5) is 18.2. The van der Waals surface area contributed by atoms with Crippen molar-refractivity contribution in [3.8, 4) is 17.2 Å². The van der Waals surface area contributed by atoms with Crippen molar-refractivity contribution in [2.75, 3.05) is 61.2 Å². The summed E-state index contributed by atoms with van der Waals surface area (Å²) in [7, 11) is 6.43. The minimum atomic E-state index is -0.0649. The van der Waals surface area contributed by atoms with Crippen LogP contribution in [-0.2, 0) is 4.74 Å². The number of carbonyl (C=O) groups excluding carboxylic acids is 1. The van der Waals surface area contributed by atoms with Crippen LogP contribution in [-0.4, -0.2) is 83.0 Å². The Kier molecular flexibility index (Phi) is 10.6. The lowest BCUT2D eigenvalue weighted by Gasteiger charge is -2.27. The fourth-order valence-electron chi connectivity index (χ4n) is 4.86. The smallest absolute Gasteiger partial charge is 0.254 e. The summed E-state index contributed by atoms with van der Waals surface area (Å²) >= 11 is 0. The average Bonchev–Trinajstić information content (AvgIpc) is 3.34. The molecule has 0 N–H and O–H groups in total. The van der Waals surface area contributed by atoms with Crippen molar-refractivity contribution in [1.82, 2.24) is 9.80 Å². The van der Waals surface area contributed by atoms with Crippen LogP contribution < -0.4 is 14.2 Å². The van der Waals surface area contributed by atoms with Gasteiger partial charge in [-0.05, 0) is 50.4 Å². The Morgan fingerprint density at radius 2 is 1.75 bits per heavy atom. The number of nitrogens with zero attached hydrogens (tertiary/aromatic N) is 2. The number of hydrogen-bond donors (Lipinski definition) is 0. The molecule has 196 valence electrons. The molecule has 0 bridgehead atoms. The van der Waals surface area contributed by atoms with E-state index in [0.29, 0.717) is 41.9 Å². The summed E-state index contributed by atoms with van der Waals surface area (Å²) in [5, 5.41) is 0. The van der Waals surface area contributed by atoms with Gasteiger partial charge in [-0.2, -0.15) is 0 Å². The molecule has 36 heavy (non-hydrogen) atoms. The molecule has 0 aromatic heterocycles. The first-order valence-electron chi connectivity index (χ1n) is 12.5. The first-order valence-corrected chi connectivity index (χ1v) is 12.5. The fraction of sp³-hybridized carbons (Fsp3) is 0.483.